The summed E-state index contributed by atoms with van der Waals surface area (Å²) in [6, 6.07) is 3.29. The summed E-state index contributed by atoms with van der Waals surface area (Å²) in [6.07, 6.45) is 5.14. The second-order valence-electron chi connectivity index (χ2n) is 5.69. The summed E-state index contributed by atoms with van der Waals surface area (Å²) in [7, 11) is 0. The molecule has 1 aromatic heterocycles. The van der Waals surface area contributed by atoms with Crippen molar-refractivity contribution in [1.29, 1.82) is 0 Å². The van der Waals surface area contributed by atoms with Gasteiger partial charge in [0.15, 0.2) is 0 Å². The molecule has 1 aliphatic heterocycles. The zero-order valence-corrected chi connectivity index (χ0v) is 11.3. The lowest BCUT2D eigenvalue weighted by atomic mass is 10.2. The van der Waals surface area contributed by atoms with Gasteiger partial charge in [-0.1, -0.05) is 0 Å². The summed E-state index contributed by atoms with van der Waals surface area (Å²) in [5.74, 6) is 0.586. The van der Waals surface area contributed by atoms with Crippen LogP contribution in [0, 0.1) is 0 Å². The Hall–Kier alpha value is -1.33. The van der Waals surface area contributed by atoms with Gasteiger partial charge >= 0.3 is 0 Å². The van der Waals surface area contributed by atoms with Crippen LogP contribution in [0.5, 0.6) is 0 Å². The van der Waals surface area contributed by atoms with E-state index >= 15 is 0 Å². The highest BCUT2D eigenvalue weighted by Crippen LogP contribution is 2.33. The first-order valence-electron chi connectivity index (χ1n) is 7.01. The van der Waals surface area contributed by atoms with E-state index in [1.165, 1.54) is 19.1 Å². The maximum absolute atomic E-state index is 12.1. The number of rotatable bonds is 4. The first kappa shape index (κ1) is 12.7. The zero-order chi connectivity index (χ0) is 13.4. The third-order valence-electron chi connectivity index (χ3n) is 4.09. The van der Waals surface area contributed by atoms with Gasteiger partial charge < -0.3 is 15.5 Å². The van der Waals surface area contributed by atoms with Gasteiger partial charge in [0.2, 0.25) is 0 Å². The summed E-state index contributed by atoms with van der Waals surface area (Å²) in [6.45, 7) is 3.54. The average Bonchev–Trinajstić information content (AvgIpc) is 2.99. The van der Waals surface area contributed by atoms with E-state index in [1.54, 1.807) is 6.07 Å². The van der Waals surface area contributed by atoms with Crippen molar-refractivity contribution in [2.24, 2.45) is 5.73 Å². The Bertz CT molecular complexity index is 467. The van der Waals surface area contributed by atoms with Crippen LogP contribution in [-0.2, 0) is 6.54 Å². The minimum atomic E-state index is -0.0571. The van der Waals surface area contributed by atoms with Gasteiger partial charge in [0.05, 0.1) is 12.1 Å². The van der Waals surface area contributed by atoms with Crippen molar-refractivity contribution in [3.8, 4) is 0 Å². The molecule has 0 aromatic carbocycles. The fraction of sp³-hybridized carbons (Fsp3) is 0.643. The van der Waals surface area contributed by atoms with Crippen LogP contribution in [0.2, 0.25) is 0 Å². The Morgan fingerprint density at radius 2 is 2.37 bits per heavy atom. The molecule has 2 aliphatic rings. The highest BCUT2D eigenvalue weighted by Gasteiger charge is 2.39. The van der Waals surface area contributed by atoms with Crippen LogP contribution < -0.4 is 11.1 Å². The van der Waals surface area contributed by atoms with Crippen LogP contribution in [-0.4, -0.2) is 35.5 Å². The largest absolute Gasteiger partial charge is 0.467 e. The lowest BCUT2D eigenvalue weighted by Crippen LogP contribution is -2.37. The lowest BCUT2D eigenvalue weighted by molar-refractivity contribution is 0.0937. The Morgan fingerprint density at radius 3 is 3.00 bits per heavy atom. The monoisotopic (exact) mass is 263 g/mol. The maximum Gasteiger partial charge on any atom is 0.254 e. The molecule has 3 N–H and O–H groups in total. The van der Waals surface area contributed by atoms with E-state index in [1.807, 2.05) is 0 Å². The number of amides is 1. The topological polar surface area (TPSA) is 71.5 Å². The molecule has 1 saturated heterocycles. The molecule has 3 rings (SSSR count). The number of carbonyl (C=O) groups excluding carboxylic acids is 1. The van der Waals surface area contributed by atoms with E-state index < -0.39 is 0 Å². The number of likely N-dealkylation sites (tertiary alicyclic amines) is 1. The number of nitrogens with zero attached hydrogens (tertiary/aromatic N) is 1. The molecule has 2 heterocycles. The molecule has 0 spiro atoms. The Balaban J connectivity index is 1.57. The molecule has 0 radical (unpaired) electrons. The fourth-order valence-electron chi connectivity index (χ4n) is 2.95. The van der Waals surface area contributed by atoms with Gasteiger partial charge in [-0.3, -0.25) is 9.69 Å². The van der Waals surface area contributed by atoms with Gasteiger partial charge in [0.1, 0.15) is 12.0 Å². The number of hydrogen-bond acceptors (Lipinski definition) is 4. The van der Waals surface area contributed by atoms with Gasteiger partial charge in [-0.2, -0.15) is 0 Å². The lowest BCUT2D eigenvalue weighted by Gasteiger charge is -2.19. The molecule has 1 amide bonds. The van der Waals surface area contributed by atoms with Crippen molar-refractivity contribution in [3.63, 3.8) is 0 Å². The fourth-order valence-corrected chi connectivity index (χ4v) is 2.95. The van der Waals surface area contributed by atoms with Crippen LogP contribution >= 0.6 is 0 Å². The second-order valence-corrected chi connectivity index (χ2v) is 5.69. The van der Waals surface area contributed by atoms with Crippen LogP contribution in [0.1, 0.15) is 42.3 Å². The van der Waals surface area contributed by atoms with Gasteiger partial charge in [-0.15, -0.1) is 0 Å². The molecular formula is C14H21N3O2. The summed E-state index contributed by atoms with van der Waals surface area (Å²) < 4.78 is 5.19. The van der Waals surface area contributed by atoms with E-state index in [-0.39, 0.29) is 11.9 Å². The summed E-state index contributed by atoms with van der Waals surface area (Å²) in [4.78, 5) is 14.6. The molecule has 1 aliphatic carbocycles. The number of nitrogens with two attached hydrogens (primary N) is 1. The van der Waals surface area contributed by atoms with Gasteiger partial charge in [0.25, 0.3) is 5.91 Å². The van der Waals surface area contributed by atoms with E-state index in [9.17, 15) is 4.79 Å². The summed E-state index contributed by atoms with van der Waals surface area (Å²) in [5, 5.41) is 3.09. The van der Waals surface area contributed by atoms with Crippen molar-refractivity contribution >= 4 is 5.91 Å². The van der Waals surface area contributed by atoms with E-state index in [0.717, 1.165) is 19.0 Å². The van der Waals surface area contributed by atoms with Crippen molar-refractivity contribution in [3.05, 3.63) is 23.7 Å². The quantitative estimate of drug-likeness (QED) is 0.853. The number of hydrogen-bond donors (Lipinski definition) is 2. The molecule has 2 unspecified atom stereocenters. The third kappa shape index (κ3) is 2.67. The van der Waals surface area contributed by atoms with E-state index in [2.05, 4.69) is 17.1 Å². The molecule has 2 fully saturated rings. The van der Waals surface area contributed by atoms with Crippen molar-refractivity contribution in [1.82, 2.24) is 10.2 Å². The van der Waals surface area contributed by atoms with Gasteiger partial charge in [-0.25, -0.2) is 0 Å². The molecule has 0 bridgehead atoms. The third-order valence-corrected chi connectivity index (χ3v) is 4.09. The highest BCUT2D eigenvalue weighted by atomic mass is 16.3. The molecule has 1 aromatic rings. The molecule has 19 heavy (non-hydrogen) atoms. The average molecular weight is 263 g/mol. The summed E-state index contributed by atoms with van der Waals surface area (Å²) >= 11 is 0. The van der Waals surface area contributed by atoms with E-state index in [4.69, 9.17) is 10.2 Å². The Kier molecular flexibility index (Phi) is 3.33. The predicted molar refractivity (Wildman–Crippen MR) is 71.7 cm³/mol. The number of furan rings is 1. The van der Waals surface area contributed by atoms with E-state index in [0.29, 0.717) is 23.9 Å². The number of nitrogens with one attached hydrogen (secondary N) is 1. The Morgan fingerprint density at radius 1 is 1.58 bits per heavy atom. The smallest absolute Gasteiger partial charge is 0.254 e. The first-order valence-corrected chi connectivity index (χ1v) is 7.01. The van der Waals surface area contributed by atoms with Crippen LogP contribution in [0.15, 0.2) is 16.7 Å². The second kappa shape index (κ2) is 4.98. The maximum atomic E-state index is 12.1. The van der Waals surface area contributed by atoms with Crippen molar-refractivity contribution in [2.75, 3.05) is 6.54 Å². The van der Waals surface area contributed by atoms with Crippen LogP contribution in [0.3, 0.4) is 0 Å². The molecule has 5 heteroatoms. The van der Waals surface area contributed by atoms with Crippen LogP contribution in [0.4, 0.5) is 0 Å². The standard InChI is InChI=1S/C14H21N3O2/c1-9-4-11(7-17(9)12-2-3-12)16-14(18)10-5-13(6-15)19-8-10/h5,8-9,11-12H,2-4,6-7,15H2,1H3,(H,16,18). The van der Waals surface area contributed by atoms with Crippen molar-refractivity contribution < 1.29 is 9.21 Å². The molecule has 5 nitrogen and oxygen atoms in total. The molecule has 2 atom stereocenters. The summed E-state index contributed by atoms with van der Waals surface area (Å²) in [5.41, 5.74) is 6.04. The Labute approximate surface area is 113 Å². The van der Waals surface area contributed by atoms with Crippen molar-refractivity contribution in [2.45, 2.75) is 50.9 Å². The highest BCUT2D eigenvalue weighted by molar-refractivity contribution is 5.94. The minimum Gasteiger partial charge on any atom is -0.467 e. The van der Waals surface area contributed by atoms with Gasteiger partial charge in [0, 0.05) is 24.7 Å². The molecular weight excluding hydrogens is 242 g/mol. The van der Waals surface area contributed by atoms with Crippen LogP contribution in [0.25, 0.3) is 0 Å². The van der Waals surface area contributed by atoms with Gasteiger partial charge in [-0.05, 0) is 32.3 Å². The number of carbonyl (C=O) groups is 1. The molecule has 104 valence electrons. The zero-order valence-electron chi connectivity index (χ0n) is 11.3. The first-order chi connectivity index (χ1) is 9.17. The SMILES string of the molecule is CC1CC(NC(=O)c2coc(CN)c2)CN1C1CC1. The predicted octanol–water partition coefficient (Wildman–Crippen LogP) is 1.09. The molecule has 1 saturated carbocycles. The normalized spacial score (nSPS) is 27.7. The minimum absolute atomic E-state index is 0.0571.